The number of aromatic nitrogens is 7. The van der Waals surface area contributed by atoms with E-state index in [9.17, 15) is 20.2 Å². The number of methoxy groups -OCH3 is 5. The molecule has 7 heterocycles. The smallest absolute Gasteiger partial charge is 0.857 e. The fourth-order valence-corrected chi connectivity index (χ4v) is 5.09. The molecule has 7 aromatic rings. The maximum atomic E-state index is 10.5. The van der Waals surface area contributed by atoms with Gasteiger partial charge in [0.15, 0.2) is 5.98 Å². The van der Waals surface area contributed by atoms with E-state index in [1.165, 1.54) is 52.3 Å². The number of nitrogens with one attached hydrogen (secondary N) is 1. The van der Waals surface area contributed by atoms with Crippen LogP contribution < -0.4 is 67.8 Å². The number of aryl methyl sites for hydroxylation is 6. The number of halogens is 8. The van der Waals surface area contributed by atoms with Crippen molar-refractivity contribution >= 4 is 135 Å². The summed E-state index contributed by atoms with van der Waals surface area (Å²) in [6, 6.07) is 15.7. The third-order valence-electron chi connectivity index (χ3n) is 8.23. The summed E-state index contributed by atoms with van der Waals surface area (Å²) >= 11 is 36.9. The summed E-state index contributed by atoms with van der Waals surface area (Å²) in [5.41, 5.74) is 6.41. The van der Waals surface area contributed by atoms with Gasteiger partial charge in [-0.15, -0.1) is 56.5 Å². The van der Waals surface area contributed by atoms with Gasteiger partial charge in [0.25, 0.3) is 16.5 Å². The van der Waals surface area contributed by atoms with Crippen LogP contribution in [0.25, 0.3) is 10.9 Å². The average Bonchev–Trinajstić information content (AvgIpc) is 3.54. The molecular weight excluding hydrogens is 1410 g/mol. The molecule has 0 radical (unpaired) electrons. The van der Waals surface area contributed by atoms with Gasteiger partial charge in [0.1, 0.15) is 10.7 Å². The third kappa shape index (κ3) is 49.9. The van der Waals surface area contributed by atoms with Crippen molar-refractivity contribution in [3.63, 3.8) is 0 Å². The molecule has 476 valence electrons. The molecule has 0 spiro atoms. The Morgan fingerprint density at radius 1 is 0.605 bits per heavy atom. The summed E-state index contributed by atoms with van der Waals surface area (Å²) in [6.07, 6.45) is 11.5. The molecule has 40 heteroatoms. The largest absolute Gasteiger partial charge is 1.00 e. The van der Waals surface area contributed by atoms with Crippen LogP contribution in [0.1, 0.15) is 33.4 Å². The summed E-state index contributed by atoms with van der Waals surface area (Å²) < 4.78 is 58.3. The first-order valence-electron chi connectivity index (χ1n) is 22.0. The Morgan fingerprint density at radius 2 is 1.01 bits per heavy atom. The van der Waals surface area contributed by atoms with E-state index >= 15 is 0 Å². The van der Waals surface area contributed by atoms with Crippen LogP contribution >= 0.6 is 102 Å². The molecule has 0 atom stereocenters. The minimum atomic E-state index is -4.67. The Balaban J connectivity index is -0.000000210. The molecule has 29 nitrogen and oxygen atoms in total. The van der Waals surface area contributed by atoms with Crippen LogP contribution in [0.5, 0.6) is 29.4 Å². The van der Waals surface area contributed by atoms with Crippen LogP contribution in [-0.4, -0.2) is 126 Å². The number of fused-ring (bicyclic) bond motifs is 1. The zero-order valence-electron chi connectivity index (χ0n) is 48.0. The van der Waals surface area contributed by atoms with Gasteiger partial charge >= 0.3 is 51.7 Å². The minimum absolute atomic E-state index is 0. The van der Waals surface area contributed by atoms with Gasteiger partial charge in [-0.05, 0) is 92.4 Å². The Labute approximate surface area is 561 Å². The van der Waals surface area contributed by atoms with Crippen molar-refractivity contribution in [1.29, 1.82) is 0 Å². The van der Waals surface area contributed by atoms with Crippen molar-refractivity contribution in [2.75, 3.05) is 53.3 Å². The van der Waals surface area contributed by atoms with Crippen molar-refractivity contribution in [2.24, 2.45) is 0 Å². The number of alkyl halides is 4. The van der Waals surface area contributed by atoms with Crippen molar-refractivity contribution in [1.82, 2.24) is 24.9 Å². The Bertz CT molecular complexity index is 3040. The number of hydrogen-bond acceptors (Lipinski definition) is 20. The Kier molecular flexibility index (Phi) is 59.0. The molecular formula is C46H62BrCl7N10NaO19PS+2. The maximum absolute atomic E-state index is 10.5. The normalized spacial score (nSPS) is 9.02. The van der Waals surface area contributed by atoms with Gasteiger partial charge in [0, 0.05) is 57.6 Å². The summed E-state index contributed by atoms with van der Waals surface area (Å²) in [5.74, 6) is 0.859. The summed E-state index contributed by atoms with van der Waals surface area (Å²) in [7, 11) is 3.57. The molecule has 6 N–H and O–H groups in total. The molecule has 0 bridgehead atoms. The number of aromatic amines is 1. The second-order valence-corrected chi connectivity index (χ2v) is 22.5. The zero-order valence-corrected chi connectivity index (χ0v) is 58.6. The fraction of sp³-hybridized carbons (Fsp3) is 0.304. The van der Waals surface area contributed by atoms with Gasteiger partial charge in [-0.2, -0.15) is 15.5 Å². The van der Waals surface area contributed by atoms with Crippen molar-refractivity contribution in [3.05, 3.63) is 166 Å². The number of hydrogen-bond donors (Lipinski definition) is 6. The topological polar surface area (TPSA) is 409 Å². The molecule has 0 saturated carbocycles. The summed E-state index contributed by atoms with van der Waals surface area (Å²) in [4.78, 5) is 47.3. The van der Waals surface area contributed by atoms with Crippen molar-refractivity contribution < 1.29 is 116 Å². The molecule has 0 aliphatic rings. The summed E-state index contributed by atoms with van der Waals surface area (Å²) in [6.45, 7) is 11.1. The van der Waals surface area contributed by atoms with E-state index in [4.69, 9.17) is 152 Å². The second-order valence-electron chi connectivity index (χ2n) is 14.2. The van der Waals surface area contributed by atoms with Crippen LogP contribution in [0, 0.1) is 71.9 Å². The van der Waals surface area contributed by atoms with Crippen LogP contribution in [-0.2, 0) is 10.4 Å². The molecule has 7 rings (SSSR count). The van der Waals surface area contributed by atoms with E-state index < -0.39 is 31.3 Å². The fourth-order valence-electron chi connectivity index (χ4n) is 4.85. The first-order chi connectivity index (χ1) is 39.7. The standard InChI is InChI=1S/C9H10N2O.C7H9N2O4.C7H8N2O3.C7H10NO2.C7H9NO.C6H6BrN.2CH2Cl2.CH3O.Cl3P.HNO3.Na.H2O4S/c1-6-5-11-9(12-2)7-3-4-10-8(6)7;1-5-4-8(10)7(13-2)3-6(5)9(11)12;1-5-4-8-7(12-2)3-6(5)9(10)11;1-6-3-4-7(10-2)8(9)5-6;1-6-3-4-7(9-2)8-5-6;1-5-2-3-6(7)8-4-5;2*2-1-3;1-2;1-4(2)3;2-1(3)4;;1-5(2,3)4/h3-5,10H,1-2H3;3-4,10H,1-2H3;3-4H,1-2H3;3-5,9H,1-2H3;3-5H,1-2H3;2-4H,1H3;2*1H2;1H3;;(H,2,3,4);;(H2,1,2,3,4)/q;+1;;+1;;;;;-1;;;+1;. The van der Waals surface area contributed by atoms with Gasteiger partial charge in [0.05, 0.1) is 84.7 Å². The van der Waals surface area contributed by atoms with Crippen LogP contribution in [0.15, 0.2) is 103 Å². The predicted molar refractivity (Wildman–Crippen MR) is 325 cm³/mol. The van der Waals surface area contributed by atoms with E-state index in [2.05, 4.69) is 40.8 Å². The summed E-state index contributed by atoms with van der Waals surface area (Å²) in [5, 5.41) is 62.4. The number of nitrogens with zero attached hydrogens (tertiary/aromatic N) is 9. The van der Waals surface area contributed by atoms with E-state index in [-0.39, 0.29) is 63.4 Å². The molecule has 0 amide bonds. The monoisotopic (exact) mass is 1470 g/mol. The number of pyridine rings is 6. The number of ether oxygens (including phenoxy) is 5. The molecule has 0 aliphatic heterocycles. The van der Waals surface area contributed by atoms with Crippen LogP contribution in [0.4, 0.5) is 11.4 Å². The molecule has 0 aromatic carbocycles. The van der Waals surface area contributed by atoms with Crippen LogP contribution in [0.3, 0.4) is 0 Å². The second kappa shape index (κ2) is 55.1. The van der Waals surface area contributed by atoms with Crippen molar-refractivity contribution in [2.45, 2.75) is 41.5 Å². The Hall–Kier alpha value is -5.19. The number of nitro groups is 2. The minimum Gasteiger partial charge on any atom is -0.857 e. The Morgan fingerprint density at radius 3 is 1.38 bits per heavy atom. The molecule has 7 aromatic heterocycles. The number of rotatable bonds is 7. The third-order valence-corrected chi connectivity index (χ3v) is 8.70. The maximum Gasteiger partial charge on any atom is 1.00 e. The van der Waals surface area contributed by atoms with E-state index in [1.807, 2.05) is 76.5 Å². The van der Waals surface area contributed by atoms with E-state index in [0.717, 1.165) is 50.1 Å². The molecule has 86 heavy (non-hydrogen) atoms. The molecule has 0 saturated heterocycles. The average molecular weight is 1470 g/mol. The van der Waals surface area contributed by atoms with Crippen LogP contribution in [0.2, 0.25) is 0 Å². The zero-order chi connectivity index (χ0) is 67.0. The van der Waals surface area contributed by atoms with Gasteiger partial charge in [-0.3, -0.25) is 39.7 Å². The van der Waals surface area contributed by atoms with Gasteiger partial charge in [-0.25, -0.2) is 19.9 Å². The van der Waals surface area contributed by atoms with E-state index in [1.54, 1.807) is 45.8 Å². The SMILES string of the molecule is COc1cc([N+](=O)[O-])c(C)c[n+]1O.COc1cc([N+](=O)[O-])c(C)cn1.COc1ccc(C)c[n+]1O.COc1ccc(C)cn1.COc1ncc(C)c2[nH]ccc12.C[O-].Cc1ccc(Br)nc1.ClCCl.ClCCl.ClP(Cl)Cl.O=S(=O)(O)O.O=[N+]([O-])O.[Na+]. The van der Waals surface area contributed by atoms with E-state index in [0.29, 0.717) is 33.5 Å². The first kappa shape index (κ1) is 92.0. The van der Waals surface area contributed by atoms with Gasteiger partial charge in [-0.1, -0.05) is 45.9 Å². The molecule has 0 fully saturated rings. The van der Waals surface area contributed by atoms with Gasteiger partial charge < -0.3 is 39.0 Å². The van der Waals surface area contributed by atoms with Crippen molar-refractivity contribution in [3.8, 4) is 29.4 Å². The first-order valence-corrected chi connectivity index (χ1v) is 30.4. The quantitative estimate of drug-likeness (QED) is 0.0100. The molecule has 0 unspecified atom stereocenters. The predicted octanol–water partition coefficient (Wildman–Crippen LogP) is 8.46. The van der Waals surface area contributed by atoms with Gasteiger partial charge in [0.2, 0.25) is 30.0 Å². The molecule has 0 aliphatic carbocycles. The number of H-pyrrole nitrogens is 1.